The Labute approximate surface area is 423 Å². The Morgan fingerprint density at radius 3 is 1.56 bits per heavy atom. The van der Waals surface area contributed by atoms with Gasteiger partial charge in [-0.05, 0) is 63.4 Å². The zero-order valence-electron chi connectivity index (χ0n) is 44.1. The zero-order chi connectivity index (χ0) is 54.8. The van der Waals surface area contributed by atoms with E-state index < -0.39 is 45.4 Å². The molecule has 0 aliphatic carbocycles. The molecule has 21 heteroatoms. The molecule has 0 radical (unpaired) electrons. The van der Waals surface area contributed by atoms with Gasteiger partial charge in [-0.3, -0.25) is 43.4 Å². The molecular formula is C51H73N7O13S. The van der Waals surface area contributed by atoms with Gasteiger partial charge in [0.1, 0.15) is 11.3 Å². The molecule has 1 atom stereocenters. The molecule has 3 aromatic rings. The lowest BCUT2D eigenvalue weighted by atomic mass is 10.0. The normalized spacial score (nSPS) is 16.3. The zero-order valence-corrected chi connectivity index (χ0v) is 44.9. The fourth-order valence-corrected chi connectivity index (χ4v) is 6.63. The van der Waals surface area contributed by atoms with Gasteiger partial charge in [0.2, 0.25) is 0 Å². The molecule has 4 aliphatic heterocycles. The Morgan fingerprint density at radius 1 is 0.667 bits per heavy atom. The van der Waals surface area contributed by atoms with E-state index in [0.29, 0.717) is 27.0 Å². The van der Waals surface area contributed by atoms with E-state index in [1.54, 1.807) is 60.6 Å². The van der Waals surface area contributed by atoms with Crippen molar-refractivity contribution < 1.29 is 61.2 Å². The maximum absolute atomic E-state index is 11.3. The van der Waals surface area contributed by atoms with Gasteiger partial charge in [-0.25, -0.2) is 22.7 Å². The van der Waals surface area contributed by atoms with Crippen LogP contribution in [0.3, 0.4) is 0 Å². The number of Topliss-reactive ketones (excluding diaryl/α,β-unsaturated/α-hetero) is 1. The second kappa shape index (κ2) is 28.5. The van der Waals surface area contributed by atoms with Gasteiger partial charge in [0.15, 0.2) is 9.84 Å². The summed E-state index contributed by atoms with van der Waals surface area (Å²) in [4.78, 5) is 113. The van der Waals surface area contributed by atoms with Crippen LogP contribution >= 0.6 is 0 Å². The molecule has 1 aromatic heterocycles. The summed E-state index contributed by atoms with van der Waals surface area (Å²) < 4.78 is 24.2. The number of nitrogens with zero attached hydrogens (tertiary/aromatic N) is 7. The fraction of sp³-hybridized carbons (Fsp3) is 0.549. The third-order valence-corrected chi connectivity index (χ3v) is 11.9. The molecule has 4 aliphatic rings. The van der Waals surface area contributed by atoms with Crippen molar-refractivity contribution in [1.29, 1.82) is 0 Å². The van der Waals surface area contributed by atoms with E-state index in [-0.39, 0.29) is 73.5 Å². The van der Waals surface area contributed by atoms with Gasteiger partial charge >= 0.3 is 11.9 Å². The lowest BCUT2D eigenvalue weighted by Crippen LogP contribution is -2.34. The van der Waals surface area contributed by atoms with E-state index in [4.69, 9.17) is 0 Å². The van der Waals surface area contributed by atoms with Gasteiger partial charge in [-0.15, -0.1) is 15.2 Å². The van der Waals surface area contributed by atoms with Gasteiger partial charge in [0.25, 0.3) is 35.4 Å². The third kappa shape index (κ3) is 20.0. The summed E-state index contributed by atoms with van der Waals surface area (Å²) in [5.41, 5.74) is 3.23. The molecule has 5 heterocycles. The topological polar surface area (TPSA) is 250 Å². The molecule has 6 amide bonds. The van der Waals surface area contributed by atoms with E-state index in [0.717, 1.165) is 27.5 Å². The van der Waals surface area contributed by atoms with E-state index in [1.807, 2.05) is 41.1 Å². The van der Waals surface area contributed by atoms with Crippen molar-refractivity contribution in [2.24, 2.45) is 23.7 Å². The van der Waals surface area contributed by atoms with Gasteiger partial charge in [0.05, 0.1) is 22.2 Å². The summed E-state index contributed by atoms with van der Waals surface area (Å²) in [7, 11) is -3.05. The maximum Gasteiger partial charge on any atom is 0.335 e. The van der Waals surface area contributed by atoms with Crippen molar-refractivity contribution in [3.05, 3.63) is 66.2 Å². The monoisotopic (exact) mass is 1020 g/mol. The highest BCUT2D eigenvalue weighted by Crippen LogP contribution is 2.21. The second-order valence-corrected chi connectivity index (χ2v) is 21.1. The number of sulfone groups is 1. The lowest BCUT2D eigenvalue weighted by molar-refractivity contribution is -0.200. The van der Waals surface area contributed by atoms with Crippen molar-refractivity contribution in [1.82, 2.24) is 34.9 Å². The first-order valence-electron chi connectivity index (χ1n) is 24.0. The fourth-order valence-electron chi connectivity index (χ4n) is 6.00. The summed E-state index contributed by atoms with van der Waals surface area (Å²) in [6.07, 6.45) is 4.29. The van der Waals surface area contributed by atoms with Crippen molar-refractivity contribution in [3.8, 4) is 0 Å². The second-order valence-electron chi connectivity index (χ2n) is 19.1. The number of hydrogen-bond donors (Lipinski definition) is 0. The van der Waals surface area contributed by atoms with Gasteiger partial charge in [-0.1, -0.05) is 91.8 Å². The molecule has 7 rings (SSSR count). The predicted octanol–water partition coefficient (Wildman–Crippen LogP) is 6.21. The number of imide groups is 3. The summed E-state index contributed by atoms with van der Waals surface area (Å²) in [6, 6.07) is 16.2. The maximum atomic E-state index is 11.3. The van der Waals surface area contributed by atoms with Crippen molar-refractivity contribution in [2.75, 3.05) is 25.9 Å². The van der Waals surface area contributed by atoms with Crippen LogP contribution in [0.4, 0.5) is 0 Å². The number of para-hydroxylation sites is 1. The molecule has 396 valence electrons. The molecule has 0 N–H and O–H groups in total. The molecule has 72 heavy (non-hydrogen) atoms. The smallest absolute Gasteiger partial charge is 0.330 e. The molecule has 20 nitrogen and oxygen atoms in total. The van der Waals surface area contributed by atoms with Crippen molar-refractivity contribution in [2.45, 2.75) is 139 Å². The van der Waals surface area contributed by atoms with E-state index in [2.05, 4.69) is 66.4 Å². The average Bonchev–Trinajstić information content (AvgIpc) is 3.83. The molecule has 0 saturated carbocycles. The molecule has 3 fully saturated rings. The predicted molar refractivity (Wildman–Crippen MR) is 267 cm³/mol. The highest BCUT2D eigenvalue weighted by Gasteiger charge is 2.39. The first kappa shape index (κ1) is 61.6. The number of rotatable bonds is 12. The Hall–Kier alpha value is -6.48. The Bertz CT molecular complexity index is 2490. The first-order chi connectivity index (χ1) is 33.5. The quantitative estimate of drug-likeness (QED) is 0.144. The average molecular weight is 1020 g/mol. The molecule has 2 aromatic carbocycles. The highest BCUT2D eigenvalue weighted by atomic mass is 32.2. The summed E-state index contributed by atoms with van der Waals surface area (Å²) >= 11 is 0. The van der Waals surface area contributed by atoms with Crippen LogP contribution in [0.25, 0.3) is 11.0 Å². The number of fused-ring (bicyclic) bond motifs is 1. The van der Waals surface area contributed by atoms with Crippen molar-refractivity contribution >= 4 is 74.0 Å². The van der Waals surface area contributed by atoms with Crippen LogP contribution in [0.1, 0.15) is 133 Å². The van der Waals surface area contributed by atoms with Crippen LogP contribution in [0.5, 0.6) is 0 Å². The number of hydrogen-bond acceptors (Lipinski definition) is 16. The van der Waals surface area contributed by atoms with Crippen LogP contribution in [-0.2, 0) is 62.7 Å². The van der Waals surface area contributed by atoms with Crippen molar-refractivity contribution in [3.63, 3.8) is 0 Å². The van der Waals surface area contributed by atoms with Crippen LogP contribution in [-0.4, -0.2) is 128 Å². The minimum Gasteiger partial charge on any atom is -0.330 e. The van der Waals surface area contributed by atoms with Gasteiger partial charge in [-0.2, -0.15) is 0 Å². The minimum atomic E-state index is -3.05. The third-order valence-electron chi connectivity index (χ3n) is 10.8. The summed E-state index contributed by atoms with van der Waals surface area (Å²) in [5, 5.41) is 9.25. The number of carbonyl (C=O) groups is 9. The standard InChI is InChI=1S/C10H13NO3.C10H14O2S.C9H11N3.C9H13NO4.C8H11NO4.C5H11N/c1-7(2)8(12)5-6-11-9(13)3-4-10(11)14;1-8(2)9-4-6-10(7-5-9)13(3,11)12;1-7(2)12-9-6-4-3-5-8(9)10-11-12;1-5(2)9(13)14-10-7(11)4-6(3)8(10)12;1-5(2)8(12)13-9-6(10)3-4-7(9)11;1-5(2)6-3-4-6/h3-4,7H,5-6H2,1-2H3;4-8H,1-3H3;3-7H,1-2H3;5-6H,4H2,1-3H3;5H,3-4H2,1-2H3;5H,3-4H2,1-2H3. The number of carbonyl (C=O) groups excluding carboxylic acids is 9. The molecule has 3 saturated heterocycles. The van der Waals surface area contributed by atoms with Gasteiger partial charge < -0.3 is 9.68 Å². The lowest BCUT2D eigenvalue weighted by Gasteiger charge is -2.14. The Kier molecular flexibility index (Phi) is 24.4. The number of amides is 6. The van der Waals surface area contributed by atoms with Crippen LogP contribution in [0, 0.1) is 23.7 Å². The summed E-state index contributed by atoms with van der Waals surface area (Å²) in [6.45, 7) is 27.4. The van der Waals surface area contributed by atoms with Crippen LogP contribution in [0.2, 0.25) is 0 Å². The molecular weight excluding hydrogens is 951 g/mol. The molecule has 0 spiro atoms. The van der Waals surface area contributed by atoms with Crippen LogP contribution < -0.4 is 0 Å². The van der Waals surface area contributed by atoms with E-state index in [9.17, 15) is 51.6 Å². The number of hydroxylamine groups is 4. The Balaban J connectivity index is 0.000000300. The Morgan fingerprint density at radius 2 is 1.17 bits per heavy atom. The number of ketones is 1. The van der Waals surface area contributed by atoms with E-state index in [1.165, 1.54) is 31.5 Å². The number of benzene rings is 2. The summed E-state index contributed by atoms with van der Waals surface area (Å²) in [5.74, 6) is -4.20. The van der Waals surface area contributed by atoms with Gasteiger partial charge in [0, 0.05) is 87.6 Å². The number of aromatic nitrogens is 3. The SMILES string of the molecule is CC(C)C(=O)CCN1C(=O)C=CC1=O.CC(C)C(=O)ON1C(=O)CC(C)C1=O.CC(C)C(=O)ON1C(=O)CCC1=O.CC(C)N1CC1.CC(C)c1ccc(S(C)(=O)=O)cc1.CC(C)n1nnc2ccccc21. The largest absolute Gasteiger partial charge is 0.335 e. The minimum absolute atomic E-state index is 0.0456. The molecule has 1 unspecified atom stereocenters. The first-order valence-corrected chi connectivity index (χ1v) is 25.9. The highest BCUT2D eigenvalue weighted by molar-refractivity contribution is 7.90. The van der Waals surface area contributed by atoms with E-state index >= 15 is 0 Å². The molecule has 0 bridgehead atoms. The van der Waals surface area contributed by atoms with Crippen LogP contribution in [0.15, 0.2) is 65.6 Å².